The van der Waals surface area contributed by atoms with Gasteiger partial charge in [0, 0.05) is 52.0 Å². The van der Waals surface area contributed by atoms with E-state index in [0.717, 1.165) is 43.0 Å². The SMILES string of the molecule is C[C@H](C(=O)N1CCN(c2ccc(S(=O)(=O)Nc3ccc(F)cn3)cc2)CC1)N1CCCc2cc(Cl)ccc21.[HH].[HH]. The number of piperazine rings is 1. The molecule has 3 aromatic rings. The number of halogens is 2. The summed E-state index contributed by atoms with van der Waals surface area (Å²) in [6.07, 6.45) is 2.90. The van der Waals surface area contributed by atoms with Crippen LogP contribution in [0.25, 0.3) is 0 Å². The summed E-state index contributed by atoms with van der Waals surface area (Å²) in [6, 6.07) is 14.6. The van der Waals surface area contributed by atoms with E-state index in [4.69, 9.17) is 11.6 Å². The lowest BCUT2D eigenvalue weighted by atomic mass is 10.00. The molecule has 0 unspecified atom stereocenters. The highest BCUT2D eigenvalue weighted by Crippen LogP contribution is 2.31. The van der Waals surface area contributed by atoms with Crippen molar-refractivity contribution in [1.82, 2.24) is 9.88 Å². The van der Waals surface area contributed by atoms with Gasteiger partial charge >= 0.3 is 0 Å². The number of aromatic nitrogens is 1. The van der Waals surface area contributed by atoms with Crippen LogP contribution in [0.5, 0.6) is 0 Å². The normalized spacial score (nSPS) is 16.7. The quantitative estimate of drug-likeness (QED) is 0.471. The molecule has 0 spiro atoms. The number of hydrogen-bond donors (Lipinski definition) is 1. The number of fused-ring (bicyclic) bond motifs is 1. The first-order valence-electron chi connectivity index (χ1n) is 12.5. The van der Waals surface area contributed by atoms with Crippen molar-refractivity contribution in [2.45, 2.75) is 30.7 Å². The first-order valence-corrected chi connectivity index (χ1v) is 14.4. The second kappa shape index (κ2) is 10.8. The Morgan fingerprint density at radius 2 is 1.79 bits per heavy atom. The monoisotopic (exact) mass is 561 g/mol. The largest absolute Gasteiger partial charge is 0.368 e. The van der Waals surface area contributed by atoms with Gasteiger partial charge in [-0.05, 0) is 79.9 Å². The van der Waals surface area contributed by atoms with E-state index in [0.29, 0.717) is 31.2 Å². The molecule has 1 aromatic heterocycles. The van der Waals surface area contributed by atoms with Crippen molar-refractivity contribution in [3.05, 3.63) is 77.2 Å². The number of aryl methyl sites for hydroxylation is 1. The maximum atomic E-state index is 13.4. The highest BCUT2D eigenvalue weighted by atomic mass is 35.5. The Labute approximate surface area is 230 Å². The fourth-order valence-electron chi connectivity index (χ4n) is 5.05. The summed E-state index contributed by atoms with van der Waals surface area (Å²) in [5.41, 5.74) is 3.15. The Morgan fingerprint density at radius 3 is 2.47 bits per heavy atom. The van der Waals surface area contributed by atoms with E-state index in [9.17, 15) is 17.6 Å². The molecule has 0 saturated carbocycles. The number of nitrogens with one attached hydrogen (secondary N) is 1. The third kappa shape index (κ3) is 5.56. The third-order valence-corrected chi connectivity index (χ3v) is 8.70. The van der Waals surface area contributed by atoms with Crippen molar-refractivity contribution < 1.29 is 20.5 Å². The van der Waals surface area contributed by atoms with Crippen LogP contribution >= 0.6 is 11.6 Å². The van der Waals surface area contributed by atoms with Crippen molar-refractivity contribution in [3.63, 3.8) is 0 Å². The second-order valence-electron chi connectivity index (χ2n) is 9.52. The molecule has 1 N–H and O–H groups in total. The summed E-state index contributed by atoms with van der Waals surface area (Å²) in [5.74, 6) is -0.396. The zero-order valence-electron chi connectivity index (χ0n) is 21.0. The molecular formula is C27H33ClFN5O3S. The first-order chi connectivity index (χ1) is 18.2. The Kier molecular flexibility index (Phi) is 7.45. The zero-order valence-corrected chi connectivity index (χ0v) is 22.6. The van der Waals surface area contributed by atoms with Crippen molar-refractivity contribution in [1.29, 1.82) is 0 Å². The Balaban J connectivity index is 0.00000220. The maximum absolute atomic E-state index is 13.4. The Bertz CT molecular complexity index is 1420. The van der Waals surface area contributed by atoms with Gasteiger partial charge in [0.1, 0.15) is 17.7 Å². The van der Waals surface area contributed by atoms with Crippen molar-refractivity contribution in [2.75, 3.05) is 47.2 Å². The minimum atomic E-state index is -3.86. The second-order valence-corrected chi connectivity index (χ2v) is 11.6. The number of benzene rings is 2. The van der Waals surface area contributed by atoms with Crippen molar-refractivity contribution in [3.8, 4) is 0 Å². The number of carbonyl (C=O) groups excluding carboxylic acids is 1. The average molecular weight is 562 g/mol. The number of carbonyl (C=O) groups is 1. The van der Waals surface area contributed by atoms with Crippen LogP contribution in [0.3, 0.4) is 0 Å². The number of sulfonamides is 1. The van der Waals surface area contributed by atoms with Gasteiger partial charge in [-0.3, -0.25) is 9.52 Å². The molecule has 1 amide bonds. The molecule has 1 fully saturated rings. The predicted octanol–water partition coefficient (Wildman–Crippen LogP) is 4.66. The summed E-state index contributed by atoms with van der Waals surface area (Å²) in [4.78, 5) is 23.4. The van der Waals surface area contributed by atoms with Gasteiger partial charge in [-0.1, -0.05) is 11.6 Å². The van der Waals surface area contributed by atoms with Gasteiger partial charge in [0.2, 0.25) is 5.91 Å². The van der Waals surface area contributed by atoms with Crippen LogP contribution in [-0.2, 0) is 21.2 Å². The highest BCUT2D eigenvalue weighted by molar-refractivity contribution is 7.92. The van der Waals surface area contributed by atoms with Crippen LogP contribution in [0.1, 0.15) is 21.8 Å². The van der Waals surface area contributed by atoms with E-state index in [2.05, 4.69) is 19.5 Å². The molecule has 0 aliphatic carbocycles. The first kappa shape index (κ1) is 26.2. The van der Waals surface area contributed by atoms with Crippen molar-refractivity contribution in [2.24, 2.45) is 0 Å². The van der Waals surface area contributed by atoms with E-state index >= 15 is 0 Å². The fourth-order valence-corrected chi connectivity index (χ4v) is 6.25. The molecular weight excluding hydrogens is 529 g/mol. The number of hydrogen-bond acceptors (Lipinski definition) is 6. The smallest absolute Gasteiger partial charge is 0.263 e. The molecule has 2 aliphatic rings. The molecule has 11 heteroatoms. The molecule has 0 bridgehead atoms. The fraction of sp³-hybridized carbons (Fsp3) is 0.333. The summed E-state index contributed by atoms with van der Waals surface area (Å²) in [6.45, 7) is 5.27. The van der Waals surface area contributed by atoms with E-state index in [1.807, 2.05) is 30.0 Å². The van der Waals surface area contributed by atoms with Crippen LogP contribution in [0, 0.1) is 5.82 Å². The van der Waals surface area contributed by atoms with Crippen LogP contribution in [0.15, 0.2) is 65.7 Å². The van der Waals surface area contributed by atoms with Crippen LogP contribution < -0.4 is 14.5 Å². The number of amides is 1. The summed E-state index contributed by atoms with van der Waals surface area (Å²) in [5, 5.41) is 0.715. The van der Waals surface area contributed by atoms with E-state index in [1.54, 1.807) is 12.1 Å². The zero-order chi connectivity index (χ0) is 26.9. The van der Waals surface area contributed by atoms with Gasteiger partial charge in [0.05, 0.1) is 11.1 Å². The molecule has 1 atom stereocenters. The number of pyridine rings is 1. The molecule has 204 valence electrons. The molecule has 0 radical (unpaired) electrons. The molecule has 1 saturated heterocycles. The van der Waals surface area contributed by atoms with Crippen LogP contribution in [0.4, 0.5) is 21.6 Å². The maximum Gasteiger partial charge on any atom is 0.263 e. The Hall–Kier alpha value is -3.37. The van der Waals surface area contributed by atoms with Gasteiger partial charge in [0.25, 0.3) is 10.0 Å². The van der Waals surface area contributed by atoms with Crippen LogP contribution in [-0.4, -0.2) is 63.0 Å². The van der Waals surface area contributed by atoms with E-state index in [1.165, 1.54) is 23.8 Å². The minimum absolute atomic E-state index is 0. The van der Waals surface area contributed by atoms with Crippen LogP contribution in [0.2, 0.25) is 5.02 Å². The lowest BCUT2D eigenvalue weighted by Gasteiger charge is -2.41. The molecule has 8 nitrogen and oxygen atoms in total. The van der Waals surface area contributed by atoms with Gasteiger partial charge in [-0.2, -0.15) is 0 Å². The van der Waals surface area contributed by atoms with Gasteiger partial charge in [0.15, 0.2) is 0 Å². The summed E-state index contributed by atoms with van der Waals surface area (Å²) < 4.78 is 40.7. The van der Waals surface area contributed by atoms with Gasteiger partial charge in [-0.15, -0.1) is 0 Å². The summed E-state index contributed by atoms with van der Waals surface area (Å²) >= 11 is 6.18. The topological polar surface area (TPSA) is 85.8 Å². The van der Waals surface area contributed by atoms with Crippen molar-refractivity contribution >= 4 is 44.7 Å². The molecule has 5 rings (SSSR count). The predicted molar refractivity (Wildman–Crippen MR) is 151 cm³/mol. The number of anilines is 3. The molecule has 2 aromatic carbocycles. The number of rotatable bonds is 6. The lowest BCUT2D eigenvalue weighted by Crippen LogP contribution is -2.55. The van der Waals surface area contributed by atoms with E-state index < -0.39 is 15.8 Å². The number of nitrogens with zero attached hydrogens (tertiary/aromatic N) is 4. The molecule has 3 heterocycles. The summed E-state index contributed by atoms with van der Waals surface area (Å²) in [7, 11) is -3.86. The van der Waals surface area contributed by atoms with Gasteiger partial charge < -0.3 is 14.7 Å². The van der Waals surface area contributed by atoms with Gasteiger partial charge in [-0.25, -0.2) is 17.8 Å². The average Bonchev–Trinajstić information content (AvgIpc) is 2.93. The lowest BCUT2D eigenvalue weighted by molar-refractivity contribution is -0.132. The standard InChI is InChI=1S/C27H29ClFN5O3S.2H2/c1-19(34-12-2-3-20-17-21(28)4-10-25(20)34)27(35)33-15-13-32(14-16-33)23-6-8-24(9-7-23)38(36,37)31-26-11-5-22(29)18-30-26;;/h4-11,17-19H,2-3,12-16H2,1H3,(H,30,31);2*1H/t19-;;/m1../s1. The van der Waals surface area contributed by atoms with E-state index in [-0.39, 0.29) is 25.5 Å². The molecule has 2 aliphatic heterocycles. The Morgan fingerprint density at radius 1 is 1.05 bits per heavy atom. The molecule has 38 heavy (non-hydrogen) atoms. The third-order valence-electron chi connectivity index (χ3n) is 7.09. The highest BCUT2D eigenvalue weighted by Gasteiger charge is 2.31. The minimum Gasteiger partial charge on any atom is -0.368 e.